The first-order valence-electron chi connectivity index (χ1n) is 3.60. The molecule has 12 heavy (non-hydrogen) atoms. The molecule has 0 fully saturated rings. The van der Waals surface area contributed by atoms with Gasteiger partial charge in [0.2, 0.25) is 0 Å². The van der Waals surface area contributed by atoms with E-state index in [-0.39, 0.29) is 17.6 Å². The van der Waals surface area contributed by atoms with E-state index in [9.17, 15) is 4.79 Å². The van der Waals surface area contributed by atoms with Crippen LogP contribution in [0.4, 0.5) is 5.82 Å². The maximum Gasteiger partial charge on any atom is 0.354 e. The first kappa shape index (κ1) is 8.58. The molecule has 1 aromatic heterocycles. The van der Waals surface area contributed by atoms with E-state index in [1.807, 2.05) is 13.8 Å². The molecule has 0 aliphatic heterocycles. The Kier molecular flexibility index (Phi) is 2.03. The molecule has 3 N–H and O–H groups in total. The molecule has 0 saturated heterocycles. The van der Waals surface area contributed by atoms with Gasteiger partial charge < -0.3 is 10.8 Å². The van der Waals surface area contributed by atoms with Crippen LogP contribution in [-0.2, 0) is 0 Å². The van der Waals surface area contributed by atoms with E-state index in [4.69, 9.17) is 10.8 Å². The van der Waals surface area contributed by atoms with Crippen LogP contribution in [0.5, 0.6) is 0 Å². The first-order chi connectivity index (χ1) is 5.52. The monoisotopic (exact) mass is 169 g/mol. The quantitative estimate of drug-likeness (QED) is 0.684. The minimum Gasteiger partial charge on any atom is -0.477 e. The van der Waals surface area contributed by atoms with E-state index >= 15 is 0 Å². The van der Waals surface area contributed by atoms with Gasteiger partial charge in [0, 0.05) is 12.1 Å². The fraction of sp³-hybridized carbons (Fsp3) is 0.429. The van der Waals surface area contributed by atoms with Crippen LogP contribution in [0.25, 0.3) is 0 Å². The van der Waals surface area contributed by atoms with Crippen molar-refractivity contribution in [1.29, 1.82) is 0 Å². The Labute approximate surface area is 69.8 Å². The van der Waals surface area contributed by atoms with Gasteiger partial charge in [-0.25, -0.2) is 4.79 Å². The average molecular weight is 169 g/mol. The number of nitrogens with zero attached hydrogens (tertiary/aromatic N) is 2. The molecule has 1 aromatic rings. The molecule has 0 aliphatic carbocycles. The fourth-order valence-electron chi connectivity index (χ4n) is 0.967. The summed E-state index contributed by atoms with van der Waals surface area (Å²) in [5.41, 5.74) is 5.49. The first-order valence-corrected chi connectivity index (χ1v) is 3.60. The molecule has 1 heterocycles. The summed E-state index contributed by atoms with van der Waals surface area (Å²) in [5.74, 6) is -0.769. The number of hydrogen-bond donors (Lipinski definition) is 2. The number of rotatable bonds is 2. The van der Waals surface area contributed by atoms with Gasteiger partial charge in [0.15, 0.2) is 0 Å². The lowest BCUT2D eigenvalue weighted by Crippen LogP contribution is -2.11. The minimum absolute atomic E-state index is 0.00778. The highest BCUT2D eigenvalue weighted by Crippen LogP contribution is 2.11. The normalized spacial score (nSPS) is 10.6. The van der Waals surface area contributed by atoms with Gasteiger partial charge in [0.1, 0.15) is 11.5 Å². The van der Waals surface area contributed by atoms with Crippen molar-refractivity contribution in [3.05, 3.63) is 11.8 Å². The standard InChI is InChI=1S/C7H11N3O2/c1-4(2)10-5(7(11)12)3-6(8)9-10/h3-4H,1-2H3,(H2,8,9)(H,11,12). The van der Waals surface area contributed by atoms with E-state index < -0.39 is 5.97 Å². The summed E-state index contributed by atoms with van der Waals surface area (Å²) in [5, 5.41) is 12.6. The Morgan fingerprint density at radius 2 is 2.33 bits per heavy atom. The lowest BCUT2D eigenvalue weighted by atomic mass is 10.3. The molecule has 0 spiro atoms. The van der Waals surface area contributed by atoms with Crippen molar-refractivity contribution >= 4 is 11.8 Å². The summed E-state index contributed by atoms with van der Waals surface area (Å²) in [6, 6.07) is 1.36. The fourth-order valence-corrected chi connectivity index (χ4v) is 0.967. The second-order valence-corrected chi connectivity index (χ2v) is 2.80. The van der Waals surface area contributed by atoms with Crippen molar-refractivity contribution in [1.82, 2.24) is 9.78 Å². The Hall–Kier alpha value is -1.52. The van der Waals surface area contributed by atoms with E-state index in [0.29, 0.717) is 0 Å². The summed E-state index contributed by atoms with van der Waals surface area (Å²) < 4.78 is 1.39. The van der Waals surface area contributed by atoms with Crippen LogP contribution < -0.4 is 5.73 Å². The number of nitrogen functional groups attached to an aromatic ring is 1. The maximum absolute atomic E-state index is 10.6. The van der Waals surface area contributed by atoms with Gasteiger partial charge >= 0.3 is 5.97 Å². The van der Waals surface area contributed by atoms with Crippen LogP contribution in [0.15, 0.2) is 6.07 Å². The Morgan fingerprint density at radius 1 is 1.75 bits per heavy atom. The Balaban J connectivity index is 3.17. The van der Waals surface area contributed by atoms with Crippen LogP contribution in [0.2, 0.25) is 0 Å². The highest BCUT2D eigenvalue weighted by molar-refractivity contribution is 5.86. The summed E-state index contributed by atoms with van der Waals surface area (Å²) in [6.07, 6.45) is 0. The summed E-state index contributed by atoms with van der Waals surface area (Å²) in [6.45, 7) is 3.69. The van der Waals surface area contributed by atoms with Gasteiger partial charge in [-0.3, -0.25) is 4.68 Å². The zero-order chi connectivity index (χ0) is 9.30. The number of nitrogens with two attached hydrogens (primary N) is 1. The number of aromatic nitrogens is 2. The van der Waals surface area contributed by atoms with Crippen molar-refractivity contribution in [3.8, 4) is 0 Å². The molecule has 0 bridgehead atoms. The molecule has 1 rings (SSSR count). The molecule has 0 atom stereocenters. The van der Waals surface area contributed by atoms with Crippen LogP contribution in [0, 0.1) is 0 Å². The van der Waals surface area contributed by atoms with E-state index in [1.54, 1.807) is 0 Å². The molecule has 0 aliphatic rings. The number of carbonyl (C=O) groups is 1. The predicted molar refractivity (Wildman–Crippen MR) is 44.0 cm³/mol. The van der Waals surface area contributed by atoms with Gasteiger partial charge in [-0.1, -0.05) is 0 Å². The van der Waals surface area contributed by atoms with Crippen LogP contribution in [0.1, 0.15) is 30.4 Å². The zero-order valence-corrected chi connectivity index (χ0v) is 6.98. The van der Waals surface area contributed by atoms with Crippen molar-refractivity contribution in [2.45, 2.75) is 19.9 Å². The van der Waals surface area contributed by atoms with Crippen LogP contribution in [0.3, 0.4) is 0 Å². The van der Waals surface area contributed by atoms with Gasteiger partial charge in [-0.15, -0.1) is 0 Å². The van der Waals surface area contributed by atoms with Crippen LogP contribution in [-0.4, -0.2) is 20.9 Å². The van der Waals surface area contributed by atoms with E-state index in [2.05, 4.69) is 5.10 Å². The lowest BCUT2D eigenvalue weighted by Gasteiger charge is -2.06. The second-order valence-electron chi connectivity index (χ2n) is 2.80. The molecular weight excluding hydrogens is 158 g/mol. The van der Waals surface area contributed by atoms with Crippen LogP contribution >= 0.6 is 0 Å². The third-order valence-corrected chi connectivity index (χ3v) is 1.46. The van der Waals surface area contributed by atoms with Gasteiger partial charge in [0.05, 0.1) is 0 Å². The average Bonchev–Trinajstić information content (AvgIpc) is 2.31. The molecule has 0 amide bonds. The SMILES string of the molecule is CC(C)n1nc(N)cc1C(=O)O. The molecule has 5 heteroatoms. The Morgan fingerprint density at radius 3 is 2.67 bits per heavy atom. The maximum atomic E-state index is 10.6. The second kappa shape index (κ2) is 2.84. The third kappa shape index (κ3) is 1.39. The van der Waals surface area contributed by atoms with Crippen molar-refractivity contribution in [2.75, 3.05) is 5.73 Å². The number of carboxylic acids is 1. The molecule has 0 saturated carbocycles. The Bertz CT molecular complexity index is 304. The molecule has 66 valence electrons. The summed E-state index contributed by atoms with van der Waals surface area (Å²) >= 11 is 0. The molecule has 0 radical (unpaired) electrons. The summed E-state index contributed by atoms with van der Waals surface area (Å²) in [4.78, 5) is 10.6. The number of anilines is 1. The smallest absolute Gasteiger partial charge is 0.354 e. The van der Waals surface area contributed by atoms with Gasteiger partial charge in [-0.2, -0.15) is 5.10 Å². The molecule has 0 unspecified atom stereocenters. The minimum atomic E-state index is -1.01. The topological polar surface area (TPSA) is 81.1 Å². The lowest BCUT2D eigenvalue weighted by molar-refractivity contribution is 0.0681. The predicted octanol–water partition coefficient (Wildman–Crippen LogP) is 0.744. The number of hydrogen-bond acceptors (Lipinski definition) is 3. The summed E-state index contributed by atoms with van der Waals surface area (Å²) in [7, 11) is 0. The van der Waals surface area contributed by atoms with E-state index in [0.717, 1.165) is 0 Å². The van der Waals surface area contributed by atoms with Gasteiger partial charge in [-0.05, 0) is 13.8 Å². The molecular formula is C7H11N3O2. The third-order valence-electron chi connectivity index (χ3n) is 1.46. The zero-order valence-electron chi connectivity index (χ0n) is 6.98. The molecule has 0 aromatic carbocycles. The largest absolute Gasteiger partial charge is 0.477 e. The van der Waals surface area contributed by atoms with E-state index in [1.165, 1.54) is 10.7 Å². The number of carboxylic acid groups (broad SMARTS) is 1. The van der Waals surface area contributed by atoms with Gasteiger partial charge in [0.25, 0.3) is 0 Å². The number of aromatic carboxylic acids is 1. The highest BCUT2D eigenvalue weighted by Gasteiger charge is 2.14. The van der Waals surface area contributed by atoms with Crippen molar-refractivity contribution in [2.24, 2.45) is 0 Å². The van der Waals surface area contributed by atoms with Crippen molar-refractivity contribution < 1.29 is 9.90 Å². The highest BCUT2D eigenvalue weighted by atomic mass is 16.4. The molecule has 5 nitrogen and oxygen atoms in total. The van der Waals surface area contributed by atoms with Crippen molar-refractivity contribution in [3.63, 3.8) is 0 Å².